The molecule has 0 saturated carbocycles. The summed E-state index contributed by atoms with van der Waals surface area (Å²) in [6.07, 6.45) is 0. The minimum atomic E-state index is -0.174. The van der Waals surface area contributed by atoms with Crippen LogP contribution in [0.15, 0.2) is 71.5 Å². The highest BCUT2D eigenvalue weighted by molar-refractivity contribution is 6.36. The molecule has 0 fully saturated rings. The molecule has 6 heteroatoms. The van der Waals surface area contributed by atoms with E-state index in [1.807, 2.05) is 30.3 Å². The topological polar surface area (TPSA) is 44.1 Å². The molecule has 0 aliphatic heterocycles. The van der Waals surface area contributed by atoms with Gasteiger partial charge in [0.1, 0.15) is 11.6 Å². The SMILES string of the molecule is COc1ccc(-n2c(-c3ccc(Cl)cc3Cl)nc3ccccc3c2=O)cc1. The summed E-state index contributed by atoms with van der Waals surface area (Å²) < 4.78 is 6.77. The normalized spacial score (nSPS) is 10.9. The molecule has 1 aromatic heterocycles. The fraction of sp³-hybridized carbons (Fsp3) is 0.0476. The largest absolute Gasteiger partial charge is 0.497 e. The summed E-state index contributed by atoms with van der Waals surface area (Å²) in [6.45, 7) is 0. The third kappa shape index (κ3) is 3.18. The Balaban J connectivity index is 2.08. The molecule has 0 aliphatic rings. The zero-order valence-electron chi connectivity index (χ0n) is 14.3. The van der Waals surface area contributed by atoms with E-state index in [0.29, 0.717) is 43.8 Å². The molecule has 0 unspecified atom stereocenters. The van der Waals surface area contributed by atoms with E-state index in [9.17, 15) is 4.79 Å². The Morgan fingerprint density at radius 2 is 1.70 bits per heavy atom. The van der Waals surface area contributed by atoms with E-state index in [4.69, 9.17) is 32.9 Å². The summed E-state index contributed by atoms with van der Waals surface area (Å²) in [5, 5.41) is 1.47. The number of hydrogen-bond acceptors (Lipinski definition) is 3. The summed E-state index contributed by atoms with van der Waals surface area (Å²) in [7, 11) is 1.59. The molecule has 0 aliphatic carbocycles. The van der Waals surface area contributed by atoms with Gasteiger partial charge in [0.15, 0.2) is 0 Å². The van der Waals surface area contributed by atoms with Gasteiger partial charge in [0.25, 0.3) is 5.56 Å². The zero-order chi connectivity index (χ0) is 19.0. The van der Waals surface area contributed by atoms with Crippen molar-refractivity contribution in [3.05, 3.63) is 87.1 Å². The van der Waals surface area contributed by atoms with Gasteiger partial charge in [-0.25, -0.2) is 4.98 Å². The summed E-state index contributed by atoms with van der Waals surface area (Å²) in [4.78, 5) is 18.0. The average molecular weight is 397 g/mol. The second-order valence-corrected chi connectivity index (χ2v) is 6.76. The Kier molecular flexibility index (Phi) is 4.60. The summed E-state index contributed by atoms with van der Waals surface area (Å²) in [6, 6.07) is 19.6. The van der Waals surface area contributed by atoms with E-state index in [0.717, 1.165) is 0 Å². The molecule has 3 aromatic carbocycles. The van der Waals surface area contributed by atoms with E-state index in [-0.39, 0.29) is 5.56 Å². The third-order valence-electron chi connectivity index (χ3n) is 4.28. The fourth-order valence-electron chi connectivity index (χ4n) is 2.96. The van der Waals surface area contributed by atoms with E-state index < -0.39 is 0 Å². The van der Waals surface area contributed by atoms with Crippen LogP contribution in [0, 0.1) is 0 Å². The molecule has 0 bridgehead atoms. The highest BCUT2D eigenvalue weighted by Crippen LogP contribution is 2.31. The molecule has 4 rings (SSSR count). The van der Waals surface area contributed by atoms with Crippen LogP contribution in [0.4, 0.5) is 0 Å². The van der Waals surface area contributed by atoms with Gasteiger partial charge in [-0.3, -0.25) is 9.36 Å². The first-order chi connectivity index (χ1) is 13.1. The van der Waals surface area contributed by atoms with Crippen LogP contribution in [-0.4, -0.2) is 16.7 Å². The Hall–Kier alpha value is -2.82. The zero-order valence-corrected chi connectivity index (χ0v) is 15.8. The van der Waals surface area contributed by atoms with Gasteiger partial charge in [-0.05, 0) is 54.6 Å². The summed E-state index contributed by atoms with van der Waals surface area (Å²) in [5.41, 5.74) is 1.72. The van der Waals surface area contributed by atoms with Crippen molar-refractivity contribution in [2.45, 2.75) is 0 Å². The van der Waals surface area contributed by atoms with Crippen molar-refractivity contribution in [3.63, 3.8) is 0 Å². The predicted molar refractivity (Wildman–Crippen MR) is 109 cm³/mol. The van der Waals surface area contributed by atoms with Crippen molar-refractivity contribution in [2.24, 2.45) is 0 Å². The predicted octanol–water partition coefficient (Wildman–Crippen LogP) is 5.37. The number of halogens is 2. The Labute approximate surface area is 165 Å². The van der Waals surface area contributed by atoms with Crippen LogP contribution in [0.5, 0.6) is 5.75 Å². The Morgan fingerprint density at radius 1 is 0.963 bits per heavy atom. The Bertz CT molecular complexity index is 1200. The molecule has 0 atom stereocenters. The van der Waals surface area contributed by atoms with Crippen molar-refractivity contribution < 1.29 is 4.74 Å². The first-order valence-corrected chi connectivity index (χ1v) is 8.96. The number of methoxy groups -OCH3 is 1. The van der Waals surface area contributed by atoms with Gasteiger partial charge in [-0.15, -0.1) is 0 Å². The molecule has 27 heavy (non-hydrogen) atoms. The first kappa shape index (κ1) is 17.6. The third-order valence-corrected chi connectivity index (χ3v) is 4.83. The fourth-order valence-corrected chi connectivity index (χ4v) is 3.45. The van der Waals surface area contributed by atoms with Gasteiger partial charge in [-0.2, -0.15) is 0 Å². The number of nitrogens with zero attached hydrogens (tertiary/aromatic N) is 2. The quantitative estimate of drug-likeness (QED) is 0.467. The Morgan fingerprint density at radius 3 is 2.41 bits per heavy atom. The molecule has 0 N–H and O–H groups in total. The molecule has 4 aromatic rings. The molecule has 4 nitrogen and oxygen atoms in total. The highest BCUT2D eigenvalue weighted by Gasteiger charge is 2.16. The van der Waals surface area contributed by atoms with Crippen molar-refractivity contribution in [3.8, 4) is 22.8 Å². The second-order valence-electron chi connectivity index (χ2n) is 5.92. The van der Waals surface area contributed by atoms with Gasteiger partial charge >= 0.3 is 0 Å². The van der Waals surface area contributed by atoms with E-state index in [2.05, 4.69) is 0 Å². The van der Waals surface area contributed by atoms with Crippen molar-refractivity contribution in [1.29, 1.82) is 0 Å². The molecule has 0 radical (unpaired) electrons. The number of hydrogen-bond donors (Lipinski definition) is 0. The van der Waals surface area contributed by atoms with Gasteiger partial charge in [-0.1, -0.05) is 35.3 Å². The van der Waals surface area contributed by atoms with Crippen LogP contribution < -0.4 is 10.3 Å². The lowest BCUT2D eigenvalue weighted by molar-refractivity contribution is 0.414. The number of benzene rings is 3. The maximum absolute atomic E-state index is 13.3. The monoisotopic (exact) mass is 396 g/mol. The lowest BCUT2D eigenvalue weighted by atomic mass is 10.1. The van der Waals surface area contributed by atoms with Crippen molar-refractivity contribution in [1.82, 2.24) is 9.55 Å². The number of aromatic nitrogens is 2. The van der Waals surface area contributed by atoms with Crippen LogP contribution >= 0.6 is 23.2 Å². The maximum Gasteiger partial charge on any atom is 0.266 e. The highest BCUT2D eigenvalue weighted by atomic mass is 35.5. The van der Waals surface area contributed by atoms with Gasteiger partial charge < -0.3 is 4.74 Å². The molecule has 0 amide bonds. The minimum Gasteiger partial charge on any atom is -0.497 e. The van der Waals surface area contributed by atoms with Gasteiger partial charge in [0, 0.05) is 10.6 Å². The maximum atomic E-state index is 13.3. The van der Waals surface area contributed by atoms with E-state index in [1.165, 1.54) is 0 Å². The number of para-hydroxylation sites is 1. The standard InChI is InChI=1S/C21H14Cl2N2O2/c1-27-15-9-7-14(8-10-15)25-20(16-11-6-13(22)12-18(16)23)24-19-5-3-2-4-17(19)21(25)26/h2-12H,1H3. The number of ether oxygens (including phenoxy) is 1. The van der Waals surface area contributed by atoms with Crippen LogP contribution in [-0.2, 0) is 0 Å². The molecule has 134 valence electrons. The van der Waals surface area contributed by atoms with Crippen LogP contribution in [0.1, 0.15) is 0 Å². The van der Waals surface area contributed by atoms with Gasteiger partial charge in [0.05, 0.1) is 28.7 Å². The number of rotatable bonds is 3. The molecular formula is C21H14Cl2N2O2. The molecule has 0 spiro atoms. The van der Waals surface area contributed by atoms with Crippen LogP contribution in [0.2, 0.25) is 10.0 Å². The lowest BCUT2D eigenvalue weighted by Gasteiger charge is -2.15. The van der Waals surface area contributed by atoms with Crippen molar-refractivity contribution >= 4 is 34.1 Å². The van der Waals surface area contributed by atoms with Crippen LogP contribution in [0.25, 0.3) is 28.0 Å². The average Bonchev–Trinajstić information content (AvgIpc) is 2.68. The lowest BCUT2D eigenvalue weighted by Crippen LogP contribution is -2.22. The van der Waals surface area contributed by atoms with Gasteiger partial charge in [0.2, 0.25) is 0 Å². The molecule has 0 saturated heterocycles. The smallest absolute Gasteiger partial charge is 0.266 e. The van der Waals surface area contributed by atoms with Crippen LogP contribution in [0.3, 0.4) is 0 Å². The molecule has 1 heterocycles. The van der Waals surface area contributed by atoms with E-state index >= 15 is 0 Å². The number of fused-ring (bicyclic) bond motifs is 1. The summed E-state index contributed by atoms with van der Waals surface area (Å²) in [5.74, 6) is 1.15. The second kappa shape index (κ2) is 7.06. The van der Waals surface area contributed by atoms with E-state index in [1.54, 1.807) is 48.1 Å². The first-order valence-electron chi connectivity index (χ1n) is 8.20. The minimum absolute atomic E-state index is 0.174. The molecular weight excluding hydrogens is 383 g/mol. The van der Waals surface area contributed by atoms with Crippen molar-refractivity contribution in [2.75, 3.05) is 7.11 Å². The summed E-state index contributed by atoms with van der Waals surface area (Å²) >= 11 is 12.4.